The van der Waals surface area contributed by atoms with Crippen molar-refractivity contribution in [3.05, 3.63) is 71.5 Å². The molecule has 3 aliphatic rings. The Bertz CT molecular complexity index is 1190. The molecule has 10 nitrogen and oxygen atoms in total. The maximum atomic E-state index is 12.5. The molecule has 2 aliphatic heterocycles. The van der Waals surface area contributed by atoms with Crippen LogP contribution in [0.1, 0.15) is 29.8 Å². The van der Waals surface area contributed by atoms with Gasteiger partial charge in [-0.1, -0.05) is 48.1 Å². The summed E-state index contributed by atoms with van der Waals surface area (Å²) in [5, 5.41) is 11.3. The second kappa shape index (κ2) is 13.8. The van der Waals surface area contributed by atoms with E-state index in [0.29, 0.717) is 48.8 Å². The van der Waals surface area contributed by atoms with E-state index in [1.54, 1.807) is 17.1 Å². The van der Waals surface area contributed by atoms with Crippen molar-refractivity contribution in [2.75, 3.05) is 64.5 Å². The maximum absolute atomic E-state index is 12.5. The van der Waals surface area contributed by atoms with Crippen molar-refractivity contribution in [3.63, 3.8) is 0 Å². The van der Waals surface area contributed by atoms with Crippen LogP contribution >= 0.6 is 0 Å². The van der Waals surface area contributed by atoms with E-state index >= 15 is 0 Å². The summed E-state index contributed by atoms with van der Waals surface area (Å²) < 4.78 is 10.5. The highest BCUT2D eigenvalue weighted by Crippen LogP contribution is 2.38. The van der Waals surface area contributed by atoms with Crippen molar-refractivity contribution in [2.45, 2.75) is 13.8 Å². The fourth-order valence-corrected chi connectivity index (χ4v) is 4.41. The Labute approximate surface area is 223 Å². The van der Waals surface area contributed by atoms with E-state index in [-0.39, 0.29) is 11.8 Å². The lowest BCUT2D eigenvalue weighted by Gasteiger charge is -2.27. The average molecular weight is 521 g/mol. The predicted octanol–water partition coefficient (Wildman–Crippen LogP) is 3.39. The fraction of sp³-hybridized carbons (Fsp3) is 0.393. The van der Waals surface area contributed by atoms with E-state index in [2.05, 4.69) is 63.1 Å². The zero-order chi connectivity index (χ0) is 26.7. The molecule has 0 unspecified atom stereocenters. The Balaban J connectivity index is 0.000000196. The third kappa shape index (κ3) is 7.26. The molecule has 2 aromatic rings. The molecule has 2 amide bonds. The van der Waals surface area contributed by atoms with E-state index in [0.717, 1.165) is 38.4 Å². The Morgan fingerprint density at radius 3 is 2.58 bits per heavy atom. The van der Waals surface area contributed by atoms with Crippen molar-refractivity contribution < 1.29 is 19.1 Å². The zero-order valence-corrected chi connectivity index (χ0v) is 22.0. The molecular formula is C28H36N6O4. The van der Waals surface area contributed by atoms with E-state index < -0.39 is 0 Å². The number of nitrogens with zero attached hydrogens (tertiary/aromatic N) is 3. The van der Waals surface area contributed by atoms with Crippen LogP contribution in [0.4, 0.5) is 10.5 Å². The molecule has 1 aromatic carbocycles. The summed E-state index contributed by atoms with van der Waals surface area (Å²) in [6, 6.07) is 4.98. The van der Waals surface area contributed by atoms with E-state index in [1.165, 1.54) is 11.8 Å². The molecule has 202 valence electrons. The van der Waals surface area contributed by atoms with E-state index in [1.807, 2.05) is 13.0 Å². The summed E-state index contributed by atoms with van der Waals surface area (Å²) in [6.45, 7) is 11.5. The molecule has 0 bridgehead atoms. The molecule has 3 N–H and O–H groups in total. The number of H-pyrrole nitrogens is 1. The van der Waals surface area contributed by atoms with Gasteiger partial charge in [-0.25, -0.2) is 9.80 Å². The minimum atomic E-state index is -0.373. The van der Waals surface area contributed by atoms with Crippen LogP contribution in [0.15, 0.2) is 60.3 Å². The first-order chi connectivity index (χ1) is 18.6. The van der Waals surface area contributed by atoms with Crippen molar-refractivity contribution in [2.24, 2.45) is 0 Å². The highest BCUT2D eigenvalue weighted by atomic mass is 16.5. The molecule has 1 aliphatic carbocycles. The van der Waals surface area contributed by atoms with Gasteiger partial charge in [-0.2, -0.15) is 5.10 Å². The first-order valence-corrected chi connectivity index (χ1v) is 12.9. The second-order valence-electron chi connectivity index (χ2n) is 9.13. The topological polar surface area (TPSA) is 112 Å². The number of hydrazine groups is 1. The van der Waals surface area contributed by atoms with Gasteiger partial charge in [-0.05, 0) is 19.9 Å². The van der Waals surface area contributed by atoms with Crippen LogP contribution in [0.3, 0.4) is 0 Å². The molecule has 1 aromatic heterocycles. The van der Waals surface area contributed by atoms with Crippen LogP contribution in [0.25, 0.3) is 11.3 Å². The molecule has 0 saturated carbocycles. The number of anilines is 1. The van der Waals surface area contributed by atoms with Gasteiger partial charge in [-0.15, -0.1) is 0 Å². The van der Waals surface area contributed by atoms with Gasteiger partial charge in [-0.3, -0.25) is 20.2 Å². The van der Waals surface area contributed by atoms with Gasteiger partial charge >= 0.3 is 6.03 Å². The van der Waals surface area contributed by atoms with Gasteiger partial charge in [0.05, 0.1) is 55.1 Å². The standard InChI is InChI=1S/C15H15N5O3.C13H21NO/c21-14-10-8-16-18-13(10)9-2-1-3-11(12(9)14)17-15(22)19-20-4-6-23-7-5-20;1-3-6-13(2)7-4-5-8-14-9-11-15-12-10-14/h1-3,8H,4-7H2,(H,16,18)(H2,17,19,22);3-7H,8-12H2,1-2H3/b;5-4+,6-3-,13-7-. The van der Waals surface area contributed by atoms with Crippen LogP contribution < -0.4 is 10.7 Å². The average Bonchev–Trinajstić information content (AvgIpc) is 3.52. The lowest BCUT2D eigenvalue weighted by atomic mass is 10.1. The number of carbonyl (C=O) groups is 2. The van der Waals surface area contributed by atoms with Gasteiger partial charge in [0.2, 0.25) is 0 Å². The number of allylic oxidation sites excluding steroid dienone is 5. The summed E-state index contributed by atoms with van der Waals surface area (Å²) in [5.41, 5.74) is 7.01. The lowest BCUT2D eigenvalue weighted by molar-refractivity contribution is 0.0207. The van der Waals surface area contributed by atoms with Crippen LogP contribution in [0.2, 0.25) is 0 Å². The number of amides is 2. The van der Waals surface area contributed by atoms with Crippen molar-refractivity contribution >= 4 is 17.5 Å². The number of aromatic amines is 1. The number of ether oxygens (including phenoxy) is 2. The van der Waals surface area contributed by atoms with Gasteiger partial charge in [0.25, 0.3) is 0 Å². The number of urea groups is 1. The fourth-order valence-electron chi connectivity index (χ4n) is 4.41. The number of fused-ring (bicyclic) bond motifs is 3. The number of benzene rings is 1. The van der Waals surface area contributed by atoms with E-state index in [4.69, 9.17) is 9.47 Å². The number of hydrogen-bond donors (Lipinski definition) is 3. The number of nitrogens with one attached hydrogen (secondary N) is 3. The molecule has 2 saturated heterocycles. The number of aromatic nitrogens is 2. The highest BCUT2D eigenvalue weighted by molar-refractivity contribution is 6.24. The normalized spacial score (nSPS) is 18.3. The van der Waals surface area contributed by atoms with Crippen LogP contribution in [0, 0.1) is 0 Å². The van der Waals surface area contributed by atoms with Gasteiger partial charge in [0.15, 0.2) is 5.78 Å². The molecule has 0 spiro atoms. The Kier molecular flexibility index (Phi) is 9.99. The highest BCUT2D eigenvalue weighted by Gasteiger charge is 2.31. The summed E-state index contributed by atoms with van der Waals surface area (Å²) >= 11 is 0. The molecule has 5 rings (SSSR count). The lowest BCUT2D eigenvalue weighted by Crippen LogP contribution is -2.49. The molecule has 3 heterocycles. The summed E-state index contributed by atoms with van der Waals surface area (Å²) in [5.74, 6) is -0.133. The van der Waals surface area contributed by atoms with Crippen molar-refractivity contribution in [1.82, 2.24) is 25.5 Å². The minimum Gasteiger partial charge on any atom is -0.379 e. The van der Waals surface area contributed by atoms with Crippen molar-refractivity contribution in [1.29, 1.82) is 0 Å². The Morgan fingerprint density at radius 1 is 1.11 bits per heavy atom. The monoisotopic (exact) mass is 520 g/mol. The third-order valence-electron chi connectivity index (χ3n) is 6.36. The van der Waals surface area contributed by atoms with Crippen molar-refractivity contribution in [3.8, 4) is 11.3 Å². The van der Waals surface area contributed by atoms with Crippen LogP contribution in [0.5, 0.6) is 0 Å². The van der Waals surface area contributed by atoms with Crippen LogP contribution in [-0.2, 0) is 9.47 Å². The summed E-state index contributed by atoms with van der Waals surface area (Å²) in [4.78, 5) is 27.0. The van der Waals surface area contributed by atoms with Gasteiger partial charge < -0.3 is 14.8 Å². The maximum Gasteiger partial charge on any atom is 0.333 e. The molecule has 38 heavy (non-hydrogen) atoms. The minimum absolute atomic E-state index is 0.133. The first-order valence-electron chi connectivity index (χ1n) is 12.9. The number of ketones is 1. The summed E-state index contributed by atoms with van der Waals surface area (Å²) in [7, 11) is 0. The number of rotatable bonds is 6. The Morgan fingerprint density at radius 2 is 1.84 bits per heavy atom. The molecule has 2 fully saturated rings. The smallest absolute Gasteiger partial charge is 0.333 e. The Hall–Kier alpha value is -3.57. The molecular weight excluding hydrogens is 484 g/mol. The third-order valence-corrected chi connectivity index (χ3v) is 6.36. The van der Waals surface area contributed by atoms with Gasteiger partial charge in [0.1, 0.15) is 0 Å². The largest absolute Gasteiger partial charge is 0.379 e. The van der Waals surface area contributed by atoms with Crippen LogP contribution in [-0.4, -0.2) is 91.1 Å². The second-order valence-corrected chi connectivity index (χ2v) is 9.13. The molecule has 0 radical (unpaired) electrons. The number of carbonyl (C=O) groups excluding carboxylic acids is 2. The molecule has 0 atom stereocenters. The zero-order valence-electron chi connectivity index (χ0n) is 22.0. The summed E-state index contributed by atoms with van der Waals surface area (Å²) in [6.07, 6.45) is 12.2. The number of morpholine rings is 2. The SMILES string of the molecule is C\C=C/C(C)=C\C=C\CN1CCOCC1.O=C(Nc1cccc2c1C(=O)c1cn[nH]c1-2)NN1CCOCC1. The number of hydrogen-bond acceptors (Lipinski definition) is 7. The quantitative estimate of drug-likeness (QED) is 0.427. The molecule has 10 heteroatoms. The first kappa shape index (κ1) is 27.5. The predicted molar refractivity (Wildman–Crippen MR) is 147 cm³/mol. The van der Waals surface area contributed by atoms with Gasteiger partial charge in [0, 0.05) is 38.3 Å². The van der Waals surface area contributed by atoms with E-state index in [9.17, 15) is 9.59 Å².